The van der Waals surface area contributed by atoms with E-state index in [9.17, 15) is 22.0 Å². The Morgan fingerprint density at radius 2 is 2.00 bits per heavy atom. The average molecular weight is 260 g/mol. The second-order valence-corrected chi connectivity index (χ2v) is 5.04. The zero-order valence-electron chi connectivity index (χ0n) is 6.87. The van der Waals surface area contributed by atoms with Crippen molar-refractivity contribution in [1.82, 2.24) is 4.98 Å². The predicted octanol–water partition coefficient (Wildman–Crippen LogP) is 0.946. The average Bonchev–Trinajstić information content (AvgIpc) is 2.06. The van der Waals surface area contributed by atoms with E-state index in [0.29, 0.717) is 6.07 Å². The van der Waals surface area contributed by atoms with Gasteiger partial charge in [0.1, 0.15) is 0 Å². The molecule has 0 unspecified atom stereocenters. The van der Waals surface area contributed by atoms with Gasteiger partial charge in [0.25, 0.3) is 21.0 Å². The van der Waals surface area contributed by atoms with Crippen molar-refractivity contribution in [3.8, 4) is 5.75 Å². The van der Waals surface area contributed by atoms with E-state index in [1.807, 2.05) is 0 Å². The van der Waals surface area contributed by atoms with Gasteiger partial charge in [-0.3, -0.25) is 4.79 Å². The number of rotatable bonds is 2. The lowest BCUT2D eigenvalue weighted by Gasteiger charge is -2.03. The molecule has 0 fully saturated rings. The van der Waals surface area contributed by atoms with Crippen LogP contribution in [0.25, 0.3) is 0 Å². The molecule has 1 heterocycles. The molecular formula is C6H4ClF2NO4S. The molecule has 2 N–H and O–H groups in total. The molecule has 0 aromatic carbocycles. The van der Waals surface area contributed by atoms with Crippen LogP contribution < -0.4 is 5.56 Å². The SMILES string of the molecule is O=c1[nH]c(S(=O)(=O)Cl)cc(C(F)F)c1O. The van der Waals surface area contributed by atoms with Gasteiger partial charge in [-0.2, -0.15) is 0 Å². The molecule has 1 aromatic heterocycles. The lowest BCUT2D eigenvalue weighted by Crippen LogP contribution is -2.12. The van der Waals surface area contributed by atoms with Crippen LogP contribution >= 0.6 is 10.7 Å². The Bertz CT molecular complexity index is 539. The van der Waals surface area contributed by atoms with Gasteiger partial charge in [0.15, 0.2) is 10.8 Å². The number of nitrogens with one attached hydrogen (secondary N) is 1. The molecule has 5 nitrogen and oxygen atoms in total. The lowest BCUT2D eigenvalue weighted by atomic mass is 10.2. The van der Waals surface area contributed by atoms with Crippen molar-refractivity contribution >= 4 is 19.7 Å². The largest absolute Gasteiger partial charge is 0.503 e. The van der Waals surface area contributed by atoms with E-state index in [-0.39, 0.29) is 0 Å². The Balaban J connectivity index is 3.58. The summed E-state index contributed by atoms with van der Waals surface area (Å²) in [6.45, 7) is 0. The highest BCUT2D eigenvalue weighted by Gasteiger charge is 2.21. The third-order valence-corrected chi connectivity index (χ3v) is 2.75. The van der Waals surface area contributed by atoms with Gasteiger partial charge >= 0.3 is 0 Å². The van der Waals surface area contributed by atoms with Gasteiger partial charge in [-0.15, -0.1) is 0 Å². The van der Waals surface area contributed by atoms with Crippen molar-refractivity contribution in [1.29, 1.82) is 0 Å². The van der Waals surface area contributed by atoms with Crippen molar-refractivity contribution in [2.24, 2.45) is 0 Å². The first-order chi connectivity index (χ1) is 6.73. The van der Waals surface area contributed by atoms with Crippen molar-refractivity contribution in [3.63, 3.8) is 0 Å². The van der Waals surface area contributed by atoms with Gasteiger partial charge in [-0.1, -0.05) is 0 Å². The Kier molecular flexibility index (Phi) is 3.00. The first-order valence-corrected chi connectivity index (χ1v) is 5.73. The summed E-state index contributed by atoms with van der Waals surface area (Å²) in [4.78, 5) is 12.5. The molecule has 84 valence electrons. The van der Waals surface area contributed by atoms with E-state index in [0.717, 1.165) is 0 Å². The van der Waals surface area contributed by atoms with Gasteiger partial charge in [0.05, 0.1) is 5.56 Å². The molecule has 0 aliphatic rings. The number of alkyl halides is 2. The predicted molar refractivity (Wildman–Crippen MR) is 46.7 cm³/mol. The fourth-order valence-corrected chi connectivity index (χ4v) is 1.58. The molecule has 0 aliphatic heterocycles. The summed E-state index contributed by atoms with van der Waals surface area (Å²) in [5.41, 5.74) is -2.43. The van der Waals surface area contributed by atoms with Crippen molar-refractivity contribution in [2.45, 2.75) is 11.5 Å². The van der Waals surface area contributed by atoms with Gasteiger partial charge in [-0.25, -0.2) is 17.2 Å². The fraction of sp³-hybridized carbons (Fsp3) is 0.167. The van der Waals surface area contributed by atoms with Crippen LogP contribution in [0.4, 0.5) is 8.78 Å². The monoisotopic (exact) mass is 259 g/mol. The third kappa shape index (κ3) is 2.45. The molecule has 1 rings (SSSR count). The van der Waals surface area contributed by atoms with Crippen LogP contribution in [-0.4, -0.2) is 18.5 Å². The fourth-order valence-electron chi connectivity index (χ4n) is 0.846. The van der Waals surface area contributed by atoms with Crippen LogP contribution in [0.5, 0.6) is 5.75 Å². The first-order valence-electron chi connectivity index (χ1n) is 3.42. The van der Waals surface area contributed by atoms with E-state index in [1.165, 1.54) is 0 Å². The van der Waals surface area contributed by atoms with Crippen LogP contribution in [0.15, 0.2) is 15.9 Å². The Hall–Kier alpha value is -1.15. The molecule has 0 spiro atoms. The topological polar surface area (TPSA) is 87.2 Å². The Labute approximate surface area is 86.7 Å². The maximum atomic E-state index is 12.2. The molecule has 0 amide bonds. The van der Waals surface area contributed by atoms with Crippen LogP contribution in [-0.2, 0) is 9.05 Å². The molecular weight excluding hydrogens is 256 g/mol. The molecule has 0 atom stereocenters. The maximum Gasteiger partial charge on any atom is 0.291 e. The van der Waals surface area contributed by atoms with Crippen LogP contribution in [0.2, 0.25) is 0 Å². The summed E-state index contributed by atoms with van der Waals surface area (Å²) in [5, 5.41) is 8.01. The van der Waals surface area contributed by atoms with E-state index in [4.69, 9.17) is 15.8 Å². The van der Waals surface area contributed by atoms with Gasteiger partial charge in [-0.05, 0) is 6.07 Å². The van der Waals surface area contributed by atoms with E-state index in [1.54, 1.807) is 4.98 Å². The van der Waals surface area contributed by atoms with E-state index >= 15 is 0 Å². The van der Waals surface area contributed by atoms with Gasteiger partial charge < -0.3 is 10.1 Å². The smallest absolute Gasteiger partial charge is 0.291 e. The van der Waals surface area contributed by atoms with Crippen molar-refractivity contribution < 1.29 is 22.3 Å². The van der Waals surface area contributed by atoms with Crippen molar-refractivity contribution in [2.75, 3.05) is 0 Å². The van der Waals surface area contributed by atoms with Crippen LogP contribution in [0.1, 0.15) is 12.0 Å². The zero-order valence-corrected chi connectivity index (χ0v) is 8.44. The summed E-state index contributed by atoms with van der Waals surface area (Å²) >= 11 is 0. The molecule has 0 radical (unpaired) electrons. The second kappa shape index (κ2) is 3.78. The highest BCUT2D eigenvalue weighted by molar-refractivity contribution is 8.13. The molecule has 0 aliphatic carbocycles. The molecule has 15 heavy (non-hydrogen) atoms. The molecule has 0 saturated carbocycles. The highest BCUT2D eigenvalue weighted by atomic mass is 35.7. The van der Waals surface area contributed by atoms with Crippen molar-refractivity contribution in [3.05, 3.63) is 22.0 Å². The number of aromatic amines is 1. The van der Waals surface area contributed by atoms with E-state index in [2.05, 4.69) is 0 Å². The highest BCUT2D eigenvalue weighted by Crippen LogP contribution is 2.27. The second-order valence-electron chi connectivity index (χ2n) is 2.51. The number of hydrogen-bond donors (Lipinski definition) is 2. The van der Waals surface area contributed by atoms with Gasteiger partial charge in [0.2, 0.25) is 0 Å². The minimum absolute atomic E-state index is 0.406. The summed E-state index contributed by atoms with van der Waals surface area (Å²) in [6.07, 6.45) is -3.18. The standard InChI is InChI=1S/C6H4ClF2NO4S/c7-15(13,14)3-1-2(5(8)9)4(11)6(12)10-3/h1,5,11H,(H,10,12). The first kappa shape index (κ1) is 11.9. The Morgan fingerprint density at radius 3 is 2.40 bits per heavy atom. The maximum absolute atomic E-state index is 12.2. The molecule has 9 heteroatoms. The van der Waals surface area contributed by atoms with Crippen LogP contribution in [0.3, 0.4) is 0 Å². The summed E-state index contributed by atoms with van der Waals surface area (Å²) in [6, 6.07) is 0.406. The van der Waals surface area contributed by atoms with E-state index < -0.39 is 37.4 Å². The van der Waals surface area contributed by atoms with Crippen LogP contribution in [0, 0.1) is 0 Å². The van der Waals surface area contributed by atoms with Gasteiger partial charge in [0, 0.05) is 10.7 Å². The molecule has 0 bridgehead atoms. The quantitative estimate of drug-likeness (QED) is 0.774. The molecule has 0 saturated heterocycles. The summed E-state index contributed by atoms with van der Waals surface area (Å²) in [5.74, 6) is -1.23. The number of aromatic hydroxyl groups is 1. The third-order valence-electron chi connectivity index (χ3n) is 1.51. The molecule has 1 aromatic rings. The Morgan fingerprint density at radius 1 is 1.47 bits per heavy atom. The number of halogens is 3. The lowest BCUT2D eigenvalue weighted by molar-refractivity contribution is 0.146. The normalized spacial score (nSPS) is 12.0. The number of hydrogen-bond acceptors (Lipinski definition) is 4. The number of aromatic nitrogens is 1. The minimum Gasteiger partial charge on any atom is -0.503 e. The minimum atomic E-state index is -4.33. The zero-order chi connectivity index (χ0) is 11.8. The summed E-state index contributed by atoms with van der Waals surface area (Å²) in [7, 11) is 0.509. The number of pyridine rings is 1. The summed E-state index contributed by atoms with van der Waals surface area (Å²) < 4.78 is 45.9. The number of H-pyrrole nitrogens is 1.